The third kappa shape index (κ3) is 4.57. The topological polar surface area (TPSA) is 84.6 Å². The van der Waals surface area contributed by atoms with Gasteiger partial charge in [-0.05, 0) is 56.2 Å². The number of ether oxygens (including phenoxy) is 1. The highest BCUT2D eigenvalue weighted by molar-refractivity contribution is 5.97. The Morgan fingerprint density at radius 3 is 2.46 bits per heavy atom. The fraction of sp³-hybridized carbons (Fsp3) is 0.316. The van der Waals surface area contributed by atoms with Crippen LogP contribution in [-0.2, 0) is 4.79 Å². The van der Waals surface area contributed by atoms with E-state index in [9.17, 15) is 4.79 Å². The monoisotopic (exact) mass is 328 g/mol. The molecule has 0 fully saturated rings. The van der Waals surface area contributed by atoms with Crippen molar-refractivity contribution in [1.82, 2.24) is 0 Å². The van der Waals surface area contributed by atoms with Crippen molar-refractivity contribution in [2.24, 2.45) is 5.73 Å². The number of carbonyl (C=O) groups excluding carboxylic acids is 1. The number of amides is 1. The van der Waals surface area contributed by atoms with Gasteiger partial charge in [0, 0.05) is 5.69 Å². The van der Waals surface area contributed by atoms with Gasteiger partial charge in [0.15, 0.2) is 0 Å². The van der Waals surface area contributed by atoms with Crippen LogP contribution in [0.2, 0.25) is 0 Å². The summed E-state index contributed by atoms with van der Waals surface area (Å²) >= 11 is 0. The lowest BCUT2D eigenvalue weighted by Gasteiger charge is -2.20. The summed E-state index contributed by atoms with van der Waals surface area (Å²) in [6, 6.07) is 15.3. The number of nitrogens with two attached hydrogens (primary N) is 1. The number of rotatable bonds is 6. The van der Waals surface area contributed by atoms with E-state index in [0.717, 1.165) is 16.9 Å². The summed E-state index contributed by atoms with van der Waals surface area (Å²) < 4.78 is 5.71. The lowest BCUT2D eigenvalue weighted by molar-refractivity contribution is -0.121. The Kier molecular flexibility index (Phi) is 5.59. The molecule has 0 unspecified atom stereocenters. The average Bonchev–Trinajstić information content (AvgIpc) is 2.55. The van der Waals surface area contributed by atoms with Gasteiger partial charge in [-0.15, -0.1) is 0 Å². The van der Waals surface area contributed by atoms with Crippen molar-refractivity contribution in [3.05, 3.63) is 48.5 Å². The molecule has 0 aliphatic heterocycles. The van der Waals surface area contributed by atoms with Gasteiger partial charge in [-0.3, -0.25) is 4.79 Å². The Morgan fingerprint density at radius 2 is 1.88 bits per heavy atom. The van der Waals surface area contributed by atoms with Crippen LogP contribution in [0.25, 0.3) is 11.1 Å². The van der Waals surface area contributed by atoms with Crippen LogP contribution in [0.1, 0.15) is 20.8 Å². The van der Waals surface area contributed by atoms with Gasteiger partial charge in [0.05, 0.1) is 12.7 Å². The molecule has 5 heteroatoms. The molecule has 0 aliphatic carbocycles. The third-order valence-electron chi connectivity index (χ3n) is 3.53. The fourth-order valence-corrected chi connectivity index (χ4v) is 2.11. The van der Waals surface area contributed by atoms with E-state index in [4.69, 9.17) is 15.6 Å². The molecule has 1 atom stereocenters. The van der Waals surface area contributed by atoms with Crippen LogP contribution < -0.4 is 15.8 Å². The zero-order valence-corrected chi connectivity index (χ0v) is 14.2. The Hall–Kier alpha value is -2.37. The van der Waals surface area contributed by atoms with Crippen LogP contribution in [-0.4, -0.2) is 29.3 Å². The van der Waals surface area contributed by atoms with E-state index >= 15 is 0 Å². The van der Waals surface area contributed by atoms with Gasteiger partial charge in [-0.25, -0.2) is 0 Å². The summed E-state index contributed by atoms with van der Waals surface area (Å²) in [6.07, 6.45) is 0.120. The maximum absolute atomic E-state index is 12.0. The van der Waals surface area contributed by atoms with Crippen molar-refractivity contribution in [3.63, 3.8) is 0 Å². The van der Waals surface area contributed by atoms with Gasteiger partial charge in [0.25, 0.3) is 0 Å². The molecular weight excluding hydrogens is 304 g/mol. The molecule has 0 heterocycles. The summed E-state index contributed by atoms with van der Waals surface area (Å²) in [5.74, 6) is 0.395. The molecule has 5 nitrogen and oxygen atoms in total. The predicted molar refractivity (Wildman–Crippen MR) is 95.9 cm³/mol. The Morgan fingerprint density at radius 1 is 1.21 bits per heavy atom. The lowest BCUT2D eigenvalue weighted by Crippen LogP contribution is -2.51. The van der Waals surface area contributed by atoms with Gasteiger partial charge in [0.2, 0.25) is 5.91 Å². The minimum atomic E-state index is -1.30. The van der Waals surface area contributed by atoms with Crippen molar-refractivity contribution in [2.45, 2.75) is 32.4 Å². The summed E-state index contributed by atoms with van der Waals surface area (Å²) in [7, 11) is 0. The first-order chi connectivity index (χ1) is 11.3. The minimum absolute atomic E-state index is 0.120. The zero-order chi connectivity index (χ0) is 17.7. The van der Waals surface area contributed by atoms with E-state index in [2.05, 4.69) is 5.32 Å². The van der Waals surface area contributed by atoms with Crippen LogP contribution in [0.4, 0.5) is 5.69 Å². The van der Waals surface area contributed by atoms with E-state index < -0.39 is 18.1 Å². The number of anilines is 1. The SMILES string of the molecule is CC(C)Oc1cccc(-c2ccc(NC(=O)[C@@](C)(N)CO)cc2)c1. The first-order valence-electron chi connectivity index (χ1n) is 7.90. The van der Waals surface area contributed by atoms with Crippen molar-refractivity contribution < 1.29 is 14.6 Å². The van der Waals surface area contributed by atoms with Gasteiger partial charge < -0.3 is 20.9 Å². The van der Waals surface area contributed by atoms with Gasteiger partial charge >= 0.3 is 0 Å². The van der Waals surface area contributed by atoms with Crippen molar-refractivity contribution in [1.29, 1.82) is 0 Å². The van der Waals surface area contributed by atoms with E-state index in [1.165, 1.54) is 6.92 Å². The summed E-state index contributed by atoms with van der Waals surface area (Å²) in [5, 5.41) is 11.8. The van der Waals surface area contributed by atoms with E-state index in [-0.39, 0.29) is 6.10 Å². The molecule has 4 N–H and O–H groups in total. The number of benzene rings is 2. The maximum Gasteiger partial charge on any atom is 0.246 e. The second-order valence-electron chi connectivity index (χ2n) is 6.30. The number of aliphatic hydroxyl groups is 1. The lowest BCUT2D eigenvalue weighted by atomic mass is 10.0. The Balaban J connectivity index is 2.13. The first-order valence-corrected chi connectivity index (χ1v) is 7.90. The third-order valence-corrected chi connectivity index (χ3v) is 3.53. The standard InChI is InChI=1S/C19H24N2O3/c1-13(2)24-17-6-4-5-15(11-17)14-7-9-16(10-8-14)21-18(23)19(3,20)12-22/h4-11,13,22H,12,20H2,1-3H3,(H,21,23)/t19-/m0/s1. The summed E-state index contributed by atoms with van der Waals surface area (Å²) in [4.78, 5) is 12.0. The van der Waals surface area contributed by atoms with Crippen LogP contribution in [0, 0.1) is 0 Å². The maximum atomic E-state index is 12.0. The molecule has 0 saturated carbocycles. The minimum Gasteiger partial charge on any atom is -0.491 e. The van der Waals surface area contributed by atoms with Crippen molar-refractivity contribution in [3.8, 4) is 16.9 Å². The van der Waals surface area contributed by atoms with Gasteiger partial charge in [0.1, 0.15) is 11.3 Å². The molecule has 2 rings (SSSR count). The molecule has 0 aromatic heterocycles. The predicted octanol–water partition coefficient (Wildman–Crippen LogP) is 2.79. The summed E-state index contributed by atoms with van der Waals surface area (Å²) in [5.41, 5.74) is 7.08. The van der Waals surface area contributed by atoms with E-state index in [1.807, 2.05) is 50.2 Å². The molecule has 0 bridgehead atoms. The molecule has 0 spiro atoms. The summed E-state index contributed by atoms with van der Waals surface area (Å²) in [6.45, 7) is 5.04. The molecule has 0 saturated heterocycles. The average molecular weight is 328 g/mol. The van der Waals surface area contributed by atoms with E-state index in [1.54, 1.807) is 12.1 Å². The van der Waals surface area contributed by atoms with Gasteiger partial charge in [-0.2, -0.15) is 0 Å². The number of carbonyl (C=O) groups is 1. The number of nitrogens with one attached hydrogen (secondary N) is 1. The highest BCUT2D eigenvalue weighted by atomic mass is 16.5. The number of hydrogen-bond donors (Lipinski definition) is 3. The van der Waals surface area contributed by atoms with Gasteiger partial charge in [-0.1, -0.05) is 24.3 Å². The van der Waals surface area contributed by atoms with Crippen LogP contribution in [0.5, 0.6) is 5.75 Å². The zero-order valence-electron chi connectivity index (χ0n) is 14.2. The highest BCUT2D eigenvalue weighted by Crippen LogP contribution is 2.26. The van der Waals surface area contributed by atoms with Crippen molar-refractivity contribution in [2.75, 3.05) is 11.9 Å². The van der Waals surface area contributed by atoms with Crippen LogP contribution in [0.3, 0.4) is 0 Å². The highest BCUT2D eigenvalue weighted by Gasteiger charge is 2.27. The molecule has 0 aliphatic rings. The molecule has 2 aromatic carbocycles. The number of hydrogen-bond acceptors (Lipinski definition) is 4. The molecule has 24 heavy (non-hydrogen) atoms. The second-order valence-corrected chi connectivity index (χ2v) is 6.30. The fourth-order valence-electron chi connectivity index (χ4n) is 2.11. The smallest absolute Gasteiger partial charge is 0.246 e. The second kappa shape index (κ2) is 7.47. The largest absolute Gasteiger partial charge is 0.491 e. The van der Waals surface area contributed by atoms with E-state index in [0.29, 0.717) is 5.69 Å². The van der Waals surface area contributed by atoms with Crippen LogP contribution >= 0.6 is 0 Å². The van der Waals surface area contributed by atoms with Crippen LogP contribution in [0.15, 0.2) is 48.5 Å². The molecule has 0 radical (unpaired) electrons. The Labute approximate surface area is 142 Å². The first kappa shape index (κ1) is 18.0. The van der Waals surface area contributed by atoms with Crippen molar-refractivity contribution >= 4 is 11.6 Å². The normalized spacial score (nSPS) is 13.4. The molecule has 1 amide bonds. The quantitative estimate of drug-likeness (QED) is 0.761. The molecular formula is C19H24N2O3. The Bertz CT molecular complexity index is 694. The molecule has 128 valence electrons. The molecule has 2 aromatic rings. The number of aliphatic hydroxyl groups excluding tert-OH is 1.